The number of benzene rings is 1. The molecule has 5 heteroatoms. The van der Waals surface area contributed by atoms with Crippen molar-refractivity contribution < 1.29 is 4.74 Å². The van der Waals surface area contributed by atoms with Crippen molar-refractivity contribution in [3.63, 3.8) is 0 Å². The number of nitrogens with one attached hydrogen (secondary N) is 2. The first-order valence-corrected chi connectivity index (χ1v) is 8.92. The van der Waals surface area contributed by atoms with Crippen LogP contribution in [0.5, 0.6) is 0 Å². The summed E-state index contributed by atoms with van der Waals surface area (Å²) in [7, 11) is 1.70. The zero-order chi connectivity index (χ0) is 18.4. The second-order valence-corrected chi connectivity index (χ2v) is 6.49. The fourth-order valence-electron chi connectivity index (χ4n) is 3.18. The Morgan fingerprint density at radius 2 is 2.00 bits per heavy atom. The number of methoxy groups -OCH3 is 1. The first-order valence-electron chi connectivity index (χ1n) is 8.92. The number of aromatic amines is 1. The van der Waals surface area contributed by atoms with Crippen LogP contribution in [0, 0.1) is 13.8 Å². The summed E-state index contributed by atoms with van der Waals surface area (Å²) in [6, 6.07) is 12.6. The minimum absolute atomic E-state index is 0.194. The molecule has 2 heterocycles. The monoisotopic (exact) mass is 350 g/mol. The molecule has 26 heavy (non-hydrogen) atoms. The number of hydrogen-bond donors (Lipinski definition) is 2. The Kier molecular flexibility index (Phi) is 6.02. The summed E-state index contributed by atoms with van der Waals surface area (Å²) in [5.41, 5.74) is 6.09. The number of hydrogen-bond acceptors (Lipinski definition) is 4. The van der Waals surface area contributed by atoms with Gasteiger partial charge in [-0.05, 0) is 42.7 Å². The number of aryl methyl sites for hydroxylation is 1. The van der Waals surface area contributed by atoms with Gasteiger partial charge >= 0.3 is 0 Å². The van der Waals surface area contributed by atoms with Crippen LogP contribution in [-0.2, 0) is 11.2 Å². The SMILES string of the molecule is COCCNc1cccc(CC(c2cnc[nH]2)c2cccc(C)c2C)n1. The molecular weight excluding hydrogens is 324 g/mol. The lowest BCUT2D eigenvalue weighted by Crippen LogP contribution is -2.12. The summed E-state index contributed by atoms with van der Waals surface area (Å²) in [5.74, 6) is 1.07. The maximum atomic E-state index is 5.09. The quantitative estimate of drug-likeness (QED) is 0.606. The molecule has 2 N–H and O–H groups in total. The van der Waals surface area contributed by atoms with Gasteiger partial charge < -0.3 is 15.0 Å². The molecular formula is C21H26N4O. The van der Waals surface area contributed by atoms with E-state index in [2.05, 4.69) is 53.4 Å². The van der Waals surface area contributed by atoms with Crippen LogP contribution in [0.25, 0.3) is 0 Å². The predicted octanol–water partition coefficient (Wildman–Crippen LogP) is 3.85. The number of pyridine rings is 1. The number of H-pyrrole nitrogens is 1. The van der Waals surface area contributed by atoms with Gasteiger partial charge in [-0.3, -0.25) is 0 Å². The van der Waals surface area contributed by atoms with Crippen molar-refractivity contribution in [3.05, 3.63) is 77.0 Å². The lowest BCUT2D eigenvalue weighted by molar-refractivity contribution is 0.210. The molecule has 0 radical (unpaired) electrons. The van der Waals surface area contributed by atoms with Gasteiger partial charge in [-0.25, -0.2) is 9.97 Å². The van der Waals surface area contributed by atoms with Crippen LogP contribution >= 0.6 is 0 Å². The van der Waals surface area contributed by atoms with Crippen molar-refractivity contribution in [2.45, 2.75) is 26.2 Å². The van der Waals surface area contributed by atoms with E-state index in [9.17, 15) is 0 Å². The van der Waals surface area contributed by atoms with Gasteiger partial charge in [0.25, 0.3) is 0 Å². The van der Waals surface area contributed by atoms with E-state index in [1.807, 2.05) is 18.3 Å². The standard InChI is InChI=1S/C21H26N4O/c1-15-6-4-8-18(16(15)2)19(20-13-22-14-24-20)12-17-7-5-9-21(25-17)23-10-11-26-3/h4-9,13-14,19H,10-12H2,1-3H3,(H,22,24)(H,23,25). The largest absolute Gasteiger partial charge is 0.383 e. The molecule has 0 aliphatic carbocycles. The van der Waals surface area contributed by atoms with Crippen LogP contribution in [0.15, 0.2) is 48.9 Å². The number of aromatic nitrogens is 3. The zero-order valence-corrected chi connectivity index (χ0v) is 15.6. The summed E-state index contributed by atoms with van der Waals surface area (Å²) < 4.78 is 5.09. The molecule has 3 aromatic rings. The van der Waals surface area contributed by atoms with Gasteiger partial charge in [0.1, 0.15) is 5.82 Å². The van der Waals surface area contributed by atoms with Crippen LogP contribution in [0.4, 0.5) is 5.82 Å². The molecule has 0 bridgehead atoms. The van der Waals surface area contributed by atoms with E-state index < -0.39 is 0 Å². The molecule has 0 aliphatic rings. The average molecular weight is 350 g/mol. The average Bonchev–Trinajstić information content (AvgIpc) is 3.17. The molecule has 136 valence electrons. The molecule has 2 aromatic heterocycles. The summed E-state index contributed by atoms with van der Waals surface area (Å²) in [5, 5.41) is 3.30. The topological polar surface area (TPSA) is 62.8 Å². The second kappa shape index (κ2) is 8.63. The maximum Gasteiger partial charge on any atom is 0.126 e. The van der Waals surface area contributed by atoms with Gasteiger partial charge in [0.05, 0.1) is 12.9 Å². The van der Waals surface area contributed by atoms with E-state index in [-0.39, 0.29) is 5.92 Å². The molecule has 0 saturated carbocycles. The Hall–Kier alpha value is -2.66. The predicted molar refractivity (Wildman–Crippen MR) is 105 cm³/mol. The Labute approximate surface area is 154 Å². The third-order valence-corrected chi connectivity index (χ3v) is 4.75. The van der Waals surface area contributed by atoms with Gasteiger partial charge in [0.2, 0.25) is 0 Å². The molecule has 1 aromatic carbocycles. The van der Waals surface area contributed by atoms with Crippen LogP contribution < -0.4 is 5.32 Å². The van der Waals surface area contributed by atoms with Crippen molar-refractivity contribution in [2.75, 3.05) is 25.6 Å². The number of anilines is 1. The lowest BCUT2D eigenvalue weighted by Gasteiger charge is -2.19. The normalized spacial score (nSPS) is 12.1. The summed E-state index contributed by atoms with van der Waals surface area (Å²) in [6.45, 7) is 5.74. The van der Waals surface area contributed by atoms with Crippen molar-refractivity contribution in [1.29, 1.82) is 0 Å². The molecule has 5 nitrogen and oxygen atoms in total. The molecule has 0 fully saturated rings. The van der Waals surface area contributed by atoms with Gasteiger partial charge in [0.15, 0.2) is 0 Å². The molecule has 3 rings (SSSR count). The fourth-order valence-corrected chi connectivity index (χ4v) is 3.18. The van der Waals surface area contributed by atoms with Crippen molar-refractivity contribution in [1.82, 2.24) is 15.0 Å². The third-order valence-electron chi connectivity index (χ3n) is 4.75. The van der Waals surface area contributed by atoms with E-state index in [0.717, 1.165) is 30.2 Å². The molecule has 0 aliphatic heterocycles. The lowest BCUT2D eigenvalue weighted by atomic mass is 9.87. The highest BCUT2D eigenvalue weighted by Crippen LogP contribution is 2.30. The van der Waals surface area contributed by atoms with E-state index in [1.165, 1.54) is 16.7 Å². The fraction of sp³-hybridized carbons (Fsp3) is 0.333. The Balaban J connectivity index is 1.88. The van der Waals surface area contributed by atoms with Crippen LogP contribution in [-0.4, -0.2) is 35.2 Å². The summed E-state index contributed by atoms with van der Waals surface area (Å²) >= 11 is 0. The number of ether oxygens (including phenoxy) is 1. The van der Waals surface area contributed by atoms with Crippen LogP contribution in [0.3, 0.4) is 0 Å². The number of rotatable bonds is 8. The van der Waals surface area contributed by atoms with Gasteiger partial charge in [-0.15, -0.1) is 0 Å². The minimum Gasteiger partial charge on any atom is -0.383 e. The number of nitrogens with zero attached hydrogens (tertiary/aromatic N) is 2. The smallest absolute Gasteiger partial charge is 0.126 e. The van der Waals surface area contributed by atoms with Crippen LogP contribution in [0.2, 0.25) is 0 Å². The Bertz CT molecular complexity index is 830. The van der Waals surface area contributed by atoms with Crippen molar-refractivity contribution in [3.8, 4) is 0 Å². The maximum absolute atomic E-state index is 5.09. The van der Waals surface area contributed by atoms with E-state index in [1.54, 1.807) is 13.4 Å². The van der Waals surface area contributed by atoms with Gasteiger partial charge in [-0.1, -0.05) is 24.3 Å². The molecule has 0 spiro atoms. The molecule has 0 saturated heterocycles. The van der Waals surface area contributed by atoms with Gasteiger partial charge in [0, 0.05) is 43.6 Å². The van der Waals surface area contributed by atoms with Crippen molar-refractivity contribution in [2.24, 2.45) is 0 Å². The highest BCUT2D eigenvalue weighted by Gasteiger charge is 2.19. The van der Waals surface area contributed by atoms with Crippen molar-refractivity contribution >= 4 is 5.82 Å². The first kappa shape index (κ1) is 18.1. The summed E-state index contributed by atoms with van der Waals surface area (Å²) in [4.78, 5) is 12.3. The molecule has 1 atom stereocenters. The summed E-state index contributed by atoms with van der Waals surface area (Å²) in [6.07, 6.45) is 4.46. The van der Waals surface area contributed by atoms with E-state index in [0.29, 0.717) is 6.61 Å². The molecule has 1 unspecified atom stereocenters. The highest BCUT2D eigenvalue weighted by molar-refractivity contribution is 5.41. The van der Waals surface area contributed by atoms with Crippen LogP contribution in [0.1, 0.15) is 34.0 Å². The van der Waals surface area contributed by atoms with Gasteiger partial charge in [-0.2, -0.15) is 0 Å². The third kappa shape index (κ3) is 4.29. The minimum atomic E-state index is 0.194. The van der Waals surface area contributed by atoms with E-state index in [4.69, 9.17) is 9.72 Å². The molecule has 0 amide bonds. The Morgan fingerprint density at radius 3 is 2.77 bits per heavy atom. The number of imidazole rings is 1. The second-order valence-electron chi connectivity index (χ2n) is 6.49. The van der Waals surface area contributed by atoms with E-state index >= 15 is 0 Å². The first-order chi connectivity index (χ1) is 12.7. The highest BCUT2D eigenvalue weighted by atomic mass is 16.5. The Morgan fingerprint density at radius 1 is 1.15 bits per heavy atom. The zero-order valence-electron chi connectivity index (χ0n) is 15.6.